The standard InChI is InChI=1S/C22H30N6O10S2/c1-10(29)23-20-25-27(12(3)31)19(39-20)22(28(13(4)32)26-21(40-22)24-11(2)30)8-17(37-15(6)34)18(38-16(7)35)9-36-14(5)33/h17-19H,8-9H2,1-7H3,(H,23,25,29)(H,24,26,30)/t17-,18+,19-,22+/m0/s1. The lowest BCUT2D eigenvalue weighted by Gasteiger charge is -2.43. The van der Waals surface area contributed by atoms with Crippen molar-refractivity contribution in [1.29, 1.82) is 0 Å². The molecular formula is C22H30N6O10S2. The van der Waals surface area contributed by atoms with Gasteiger partial charge in [0, 0.05) is 54.9 Å². The first-order chi connectivity index (χ1) is 18.5. The number of amides is 4. The van der Waals surface area contributed by atoms with Gasteiger partial charge in [0.2, 0.25) is 23.6 Å². The molecule has 0 aromatic carbocycles. The highest BCUT2D eigenvalue weighted by molar-refractivity contribution is 8.18. The number of carbonyl (C=O) groups is 7. The summed E-state index contributed by atoms with van der Waals surface area (Å²) in [5, 5.41) is 14.3. The Morgan fingerprint density at radius 3 is 1.82 bits per heavy atom. The first-order valence-electron chi connectivity index (χ1n) is 11.7. The summed E-state index contributed by atoms with van der Waals surface area (Å²) in [4.78, 5) is 83.3. The van der Waals surface area contributed by atoms with Crippen LogP contribution in [0.1, 0.15) is 54.9 Å². The van der Waals surface area contributed by atoms with Gasteiger partial charge in [0.15, 0.2) is 21.3 Å². The Morgan fingerprint density at radius 2 is 1.35 bits per heavy atom. The molecule has 16 nitrogen and oxygen atoms in total. The van der Waals surface area contributed by atoms with Gasteiger partial charge in [-0.3, -0.25) is 33.6 Å². The molecule has 4 atom stereocenters. The third kappa shape index (κ3) is 8.41. The molecule has 0 radical (unpaired) electrons. The fourth-order valence-corrected chi connectivity index (χ4v) is 6.63. The Hall–Kier alpha value is -3.67. The maximum atomic E-state index is 13.0. The molecule has 0 spiro atoms. The van der Waals surface area contributed by atoms with Crippen LogP contribution >= 0.6 is 23.5 Å². The normalized spacial score (nSPS) is 21.4. The van der Waals surface area contributed by atoms with E-state index >= 15 is 0 Å². The summed E-state index contributed by atoms with van der Waals surface area (Å²) in [6.45, 7) is 7.69. The summed E-state index contributed by atoms with van der Waals surface area (Å²) in [5.41, 5.74) is 0. The van der Waals surface area contributed by atoms with Crippen molar-refractivity contribution in [3.63, 3.8) is 0 Å². The minimum Gasteiger partial charge on any atom is -0.462 e. The summed E-state index contributed by atoms with van der Waals surface area (Å²) < 4.78 is 15.9. The van der Waals surface area contributed by atoms with Crippen molar-refractivity contribution in [3.05, 3.63) is 0 Å². The molecule has 0 aliphatic carbocycles. The Morgan fingerprint density at radius 1 is 0.800 bits per heavy atom. The second kappa shape index (κ2) is 13.6. The second-order valence-electron chi connectivity index (χ2n) is 8.59. The molecule has 2 N–H and O–H groups in total. The van der Waals surface area contributed by atoms with Crippen LogP contribution in [0, 0.1) is 0 Å². The molecule has 40 heavy (non-hydrogen) atoms. The van der Waals surface area contributed by atoms with E-state index in [2.05, 4.69) is 20.8 Å². The average Bonchev–Trinajstić information content (AvgIpc) is 3.37. The highest BCUT2D eigenvalue weighted by atomic mass is 32.2. The minimum atomic E-state index is -1.67. The minimum absolute atomic E-state index is 0.0228. The first-order valence-corrected chi connectivity index (χ1v) is 13.4. The van der Waals surface area contributed by atoms with Gasteiger partial charge in [-0.1, -0.05) is 23.5 Å². The molecule has 0 aromatic rings. The molecule has 0 fully saturated rings. The topological polar surface area (TPSA) is 202 Å². The van der Waals surface area contributed by atoms with Gasteiger partial charge in [0.25, 0.3) is 0 Å². The number of nitrogens with zero attached hydrogens (tertiary/aromatic N) is 4. The summed E-state index contributed by atoms with van der Waals surface area (Å²) in [6, 6.07) is 0. The van der Waals surface area contributed by atoms with Crippen molar-refractivity contribution in [1.82, 2.24) is 20.7 Å². The van der Waals surface area contributed by atoms with E-state index in [0.717, 1.165) is 54.3 Å². The van der Waals surface area contributed by atoms with E-state index in [4.69, 9.17) is 14.2 Å². The molecule has 0 unspecified atom stereocenters. The Kier molecular flexibility index (Phi) is 11.1. The van der Waals surface area contributed by atoms with Crippen LogP contribution in [0.15, 0.2) is 10.2 Å². The van der Waals surface area contributed by atoms with Gasteiger partial charge in [0.1, 0.15) is 18.1 Å². The fraction of sp³-hybridized carbons (Fsp3) is 0.591. The summed E-state index contributed by atoms with van der Waals surface area (Å²) in [7, 11) is 0. The fourth-order valence-electron chi connectivity index (χ4n) is 3.76. The van der Waals surface area contributed by atoms with Crippen LogP contribution in [0.4, 0.5) is 0 Å². The van der Waals surface area contributed by atoms with Crippen LogP contribution in [-0.2, 0) is 47.8 Å². The zero-order valence-electron chi connectivity index (χ0n) is 22.8. The van der Waals surface area contributed by atoms with Gasteiger partial charge in [-0.2, -0.15) is 0 Å². The van der Waals surface area contributed by atoms with E-state index in [-0.39, 0.29) is 16.8 Å². The summed E-state index contributed by atoms with van der Waals surface area (Å²) in [5.74, 6) is -4.46. The zero-order valence-corrected chi connectivity index (χ0v) is 24.5. The maximum absolute atomic E-state index is 13.0. The Labute approximate surface area is 237 Å². The predicted molar refractivity (Wildman–Crippen MR) is 142 cm³/mol. The van der Waals surface area contributed by atoms with E-state index in [9.17, 15) is 33.6 Å². The number of hydrogen-bond donors (Lipinski definition) is 2. The molecule has 220 valence electrons. The lowest BCUT2D eigenvalue weighted by molar-refractivity contribution is -0.175. The van der Waals surface area contributed by atoms with Crippen molar-refractivity contribution in [3.8, 4) is 0 Å². The van der Waals surface area contributed by atoms with Gasteiger partial charge in [0.05, 0.1) is 0 Å². The Bertz CT molecular complexity index is 1160. The SMILES string of the molecule is CC(=O)NC1=NN(C(C)=O)[C@H]([C@@]2(C[C@H](OC(C)=O)[C@@H](COC(C)=O)OC(C)=O)SC(NC(C)=O)=NN2C(C)=O)S1. The van der Waals surface area contributed by atoms with Gasteiger partial charge < -0.3 is 24.8 Å². The highest BCUT2D eigenvalue weighted by Crippen LogP contribution is 2.51. The van der Waals surface area contributed by atoms with Gasteiger partial charge >= 0.3 is 17.9 Å². The van der Waals surface area contributed by atoms with Crippen molar-refractivity contribution >= 4 is 75.4 Å². The lowest BCUT2D eigenvalue weighted by Crippen LogP contribution is -2.59. The molecule has 0 bridgehead atoms. The van der Waals surface area contributed by atoms with Crippen LogP contribution in [0.2, 0.25) is 0 Å². The highest BCUT2D eigenvalue weighted by Gasteiger charge is 2.59. The van der Waals surface area contributed by atoms with E-state index < -0.39 is 70.6 Å². The molecule has 0 saturated carbocycles. The van der Waals surface area contributed by atoms with Crippen LogP contribution < -0.4 is 10.6 Å². The van der Waals surface area contributed by atoms with Crippen molar-refractivity contribution < 1.29 is 47.8 Å². The molecule has 2 rings (SSSR count). The number of nitrogens with one attached hydrogen (secondary N) is 2. The average molecular weight is 603 g/mol. The smallest absolute Gasteiger partial charge is 0.303 e. The number of carbonyl (C=O) groups excluding carboxylic acids is 7. The van der Waals surface area contributed by atoms with Crippen LogP contribution in [0.3, 0.4) is 0 Å². The van der Waals surface area contributed by atoms with Gasteiger partial charge in [-0.05, 0) is 0 Å². The maximum Gasteiger partial charge on any atom is 0.303 e. The monoisotopic (exact) mass is 602 g/mol. The first kappa shape index (κ1) is 32.5. The number of esters is 3. The number of amidine groups is 2. The zero-order chi connectivity index (χ0) is 30.4. The molecular weight excluding hydrogens is 572 g/mol. The van der Waals surface area contributed by atoms with Crippen molar-refractivity contribution in [2.24, 2.45) is 10.2 Å². The van der Waals surface area contributed by atoms with Crippen LogP contribution in [-0.4, -0.2) is 90.9 Å². The second-order valence-corrected chi connectivity index (χ2v) is 11.0. The summed E-state index contributed by atoms with van der Waals surface area (Å²) in [6.07, 6.45) is -3.07. The molecule has 2 heterocycles. The van der Waals surface area contributed by atoms with Gasteiger partial charge in [-0.25, -0.2) is 10.0 Å². The van der Waals surface area contributed by atoms with E-state index in [1.807, 2.05) is 0 Å². The third-order valence-electron chi connectivity index (χ3n) is 5.03. The molecule has 0 aromatic heterocycles. The molecule has 0 saturated heterocycles. The Balaban J connectivity index is 2.70. The van der Waals surface area contributed by atoms with Crippen LogP contribution in [0.5, 0.6) is 0 Å². The van der Waals surface area contributed by atoms with Crippen LogP contribution in [0.25, 0.3) is 0 Å². The van der Waals surface area contributed by atoms with E-state index in [1.54, 1.807) is 0 Å². The molecule has 2 aliphatic rings. The third-order valence-corrected chi connectivity index (χ3v) is 7.70. The van der Waals surface area contributed by atoms with Crippen molar-refractivity contribution in [2.45, 2.75) is 77.3 Å². The predicted octanol–water partition coefficient (Wildman–Crippen LogP) is -0.170. The number of ether oxygens (including phenoxy) is 3. The molecule has 2 aliphatic heterocycles. The van der Waals surface area contributed by atoms with E-state index in [0.29, 0.717) is 0 Å². The molecule has 18 heteroatoms. The van der Waals surface area contributed by atoms with E-state index in [1.165, 1.54) is 27.7 Å². The number of rotatable bonds is 8. The largest absolute Gasteiger partial charge is 0.462 e. The quantitative estimate of drug-likeness (QED) is 0.275. The number of thioether (sulfide) groups is 2. The lowest BCUT2D eigenvalue weighted by atomic mass is 10.0. The van der Waals surface area contributed by atoms with Gasteiger partial charge in [-0.15, -0.1) is 10.2 Å². The number of hydrogen-bond acceptors (Lipinski definition) is 14. The summed E-state index contributed by atoms with van der Waals surface area (Å²) >= 11 is 1.77. The number of hydrazone groups is 2. The van der Waals surface area contributed by atoms with Crippen molar-refractivity contribution in [2.75, 3.05) is 6.61 Å². The molecule has 4 amide bonds.